The number of hydrogen-bond acceptors (Lipinski definition) is 14. The number of hydrogen-bond donors (Lipinski definition) is 5. The van der Waals surface area contributed by atoms with E-state index in [9.17, 15) is 8.42 Å². The highest BCUT2D eigenvalue weighted by Crippen LogP contribution is 2.30. The Balaban J connectivity index is 1.50. The summed E-state index contributed by atoms with van der Waals surface area (Å²) in [6, 6.07) is 4.50. The molecule has 36 heavy (non-hydrogen) atoms. The smallest absolute Gasteiger partial charge is 0.235 e. The molecule has 2 fully saturated rings. The third kappa shape index (κ3) is 5.50. The Labute approximate surface area is 213 Å². The minimum absolute atomic E-state index is 0.0875. The molecule has 2 aliphatic rings. The fraction of sp³-hybridized carbons (Fsp3) is 0.524. The normalized spacial score (nSPS) is 25.4. The number of thiazole rings is 1. The van der Waals surface area contributed by atoms with E-state index in [1.54, 1.807) is 18.2 Å². The van der Waals surface area contributed by atoms with Gasteiger partial charge in [-0.05, 0) is 31.0 Å². The fourth-order valence-electron chi connectivity index (χ4n) is 4.66. The van der Waals surface area contributed by atoms with E-state index in [0.717, 1.165) is 17.5 Å². The maximum Gasteiger partial charge on any atom is 0.235 e. The van der Waals surface area contributed by atoms with Gasteiger partial charge in [-0.15, -0.1) is 0 Å². The van der Waals surface area contributed by atoms with Gasteiger partial charge in [0.1, 0.15) is 0 Å². The van der Waals surface area contributed by atoms with E-state index in [2.05, 4.69) is 20.3 Å². The van der Waals surface area contributed by atoms with Crippen molar-refractivity contribution in [2.45, 2.75) is 41.9 Å². The van der Waals surface area contributed by atoms with Gasteiger partial charge in [0.15, 0.2) is 15.0 Å². The minimum Gasteiger partial charge on any atom is -0.338 e. The Bertz CT molecular complexity index is 1300. The number of piperidine rings is 2. The van der Waals surface area contributed by atoms with Gasteiger partial charge in [0, 0.05) is 56.6 Å². The van der Waals surface area contributed by atoms with Gasteiger partial charge in [-0.1, -0.05) is 11.3 Å². The second-order valence-electron chi connectivity index (χ2n) is 9.63. The Morgan fingerprint density at radius 2 is 1.39 bits per heavy atom. The van der Waals surface area contributed by atoms with Crippen LogP contribution >= 0.6 is 11.3 Å². The Kier molecular flexibility index (Phi) is 6.69. The molecule has 4 heterocycles. The molecule has 0 unspecified atom stereocenters. The molecule has 2 aromatic heterocycles. The second-order valence-corrected chi connectivity index (χ2v) is 12.7. The van der Waals surface area contributed by atoms with Crippen LogP contribution in [-0.2, 0) is 9.84 Å². The summed E-state index contributed by atoms with van der Waals surface area (Å²) in [6.45, 7) is 2.30. The molecule has 0 amide bonds. The zero-order valence-electron chi connectivity index (χ0n) is 19.9. The lowest BCUT2D eigenvalue weighted by atomic mass is 10.0. The number of fused-ring (bicyclic) bond motifs is 1. The largest absolute Gasteiger partial charge is 0.338 e. The lowest BCUT2D eigenvalue weighted by Gasteiger charge is -2.36. The molecule has 2 aliphatic heterocycles. The van der Waals surface area contributed by atoms with Crippen LogP contribution in [0.2, 0.25) is 0 Å². The molecule has 0 saturated carbocycles. The number of rotatable bonds is 5. The van der Waals surface area contributed by atoms with Crippen molar-refractivity contribution in [2.24, 2.45) is 22.9 Å². The molecule has 1 aromatic carbocycles. The fourth-order valence-corrected chi connectivity index (χ4v) is 6.28. The maximum absolute atomic E-state index is 11.9. The quantitative estimate of drug-likeness (QED) is 0.277. The molecule has 15 heteroatoms. The topological polar surface area (TPSA) is 208 Å². The van der Waals surface area contributed by atoms with Gasteiger partial charge in [-0.2, -0.15) is 15.0 Å². The minimum atomic E-state index is -3.32. The molecule has 2 saturated heterocycles. The van der Waals surface area contributed by atoms with Crippen molar-refractivity contribution in [2.75, 3.05) is 47.6 Å². The molecule has 4 atom stereocenters. The van der Waals surface area contributed by atoms with E-state index in [4.69, 9.17) is 27.9 Å². The molecule has 0 radical (unpaired) electrons. The van der Waals surface area contributed by atoms with Crippen molar-refractivity contribution >= 4 is 54.4 Å². The molecule has 13 nitrogen and oxygen atoms in total. The van der Waals surface area contributed by atoms with Crippen molar-refractivity contribution in [3.05, 3.63) is 18.2 Å². The summed E-state index contributed by atoms with van der Waals surface area (Å²) in [7, 11) is -3.32. The summed E-state index contributed by atoms with van der Waals surface area (Å²) in [5.41, 5.74) is 25.5. The van der Waals surface area contributed by atoms with Gasteiger partial charge in [-0.3, -0.25) is 5.32 Å². The summed E-state index contributed by atoms with van der Waals surface area (Å²) in [5.74, 6) is 1.22. The van der Waals surface area contributed by atoms with Crippen LogP contribution in [0.15, 0.2) is 23.1 Å². The Morgan fingerprint density at radius 1 is 0.861 bits per heavy atom. The van der Waals surface area contributed by atoms with Crippen molar-refractivity contribution in [3.8, 4) is 0 Å². The van der Waals surface area contributed by atoms with Crippen molar-refractivity contribution in [1.82, 2.24) is 19.9 Å². The zero-order valence-corrected chi connectivity index (χ0v) is 21.5. The summed E-state index contributed by atoms with van der Waals surface area (Å²) in [5, 5.41) is 3.70. The molecule has 194 valence electrons. The first-order chi connectivity index (χ1) is 17.0. The highest BCUT2D eigenvalue weighted by atomic mass is 32.2. The first-order valence-electron chi connectivity index (χ1n) is 11.7. The first kappa shape index (κ1) is 25.0. The average Bonchev–Trinajstić information content (AvgIpc) is 3.18. The number of anilines is 4. The van der Waals surface area contributed by atoms with Gasteiger partial charge >= 0.3 is 0 Å². The third-order valence-electron chi connectivity index (χ3n) is 6.21. The van der Waals surface area contributed by atoms with Crippen molar-refractivity contribution in [3.63, 3.8) is 0 Å². The summed E-state index contributed by atoms with van der Waals surface area (Å²) >= 11 is 1.31. The Hall–Kier alpha value is -2.69. The van der Waals surface area contributed by atoms with Crippen LogP contribution in [0.25, 0.3) is 10.2 Å². The monoisotopic (exact) mass is 533 g/mol. The van der Waals surface area contributed by atoms with Crippen molar-refractivity contribution in [1.29, 1.82) is 0 Å². The summed E-state index contributed by atoms with van der Waals surface area (Å²) < 4.78 is 24.6. The van der Waals surface area contributed by atoms with E-state index in [1.165, 1.54) is 17.6 Å². The van der Waals surface area contributed by atoms with Crippen LogP contribution in [0.3, 0.4) is 0 Å². The van der Waals surface area contributed by atoms with E-state index < -0.39 is 9.84 Å². The number of sulfone groups is 1. The van der Waals surface area contributed by atoms with E-state index >= 15 is 0 Å². The highest BCUT2D eigenvalue weighted by molar-refractivity contribution is 7.90. The zero-order chi connectivity index (χ0) is 25.6. The van der Waals surface area contributed by atoms with Gasteiger partial charge in [-0.25, -0.2) is 13.4 Å². The van der Waals surface area contributed by atoms with Crippen molar-refractivity contribution < 1.29 is 8.42 Å². The van der Waals surface area contributed by atoms with Gasteiger partial charge < -0.3 is 32.7 Å². The van der Waals surface area contributed by atoms with E-state index in [-0.39, 0.29) is 29.1 Å². The number of nitrogens with two attached hydrogens (primary N) is 4. The molecular weight excluding hydrogens is 502 g/mol. The number of benzene rings is 1. The molecule has 0 bridgehead atoms. The number of nitrogens with one attached hydrogen (secondary N) is 1. The lowest BCUT2D eigenvalue weighted by molar-refractivity contribution is 0.441. The van der Waals surface area contributed by atoms with E-state index in [1.807, 2.05) is 9.80 Å². The maximum atomic E-state index is 11.9. The van der Waals surface area contributed by atoms with Crippen LogP contribution < -0.4 is 38.1 Å². The van der Waals surface area contributed by atoms with E-state index in [0.29, 0.717) is 54.7 Å². The van der Waals surface area contributed by atoms with Gasteiger partial charge in [0.25, 0.3) is 0 Å². The van der Waals surface area contributed by atoms with Gasteiger partial charge in [0.05, 0.1) is 15.1 Å². The molecule has 5 rings (SSSR count). The predicted octanol–water partition coefficient (Wildman–Crippen LogP) is -0.642. The van der Waals surface area contributed by atoms with Gasteiger partial charge in [0.2, 0.25) is 17.8 Å². The first-order valence-corrected chi connectivity index (χ1v) is 14.4. The highest BCUT2D eigenvalue weighted by Gasteiger charge is 2.29. The lowest BCUT2D eigenvalue weighted by Crippen LogP contribution is -2.54. The van der Waals surface area contributed by atoms with Crippen LogP contribution in [0.4, 0.5) is 23.0 Å². The molecule has 0 aliphatic carbocycles. The van der Waals surface area contributed by atoms with Crippen LogP contribution in [-0.4, -0.2) is 85.0 Å². The second kappa shape index (κ2) is 9.64. The van der Waals surface area contributed by atoms with Crippen LogP contribution in [0.1, 0.15) is 12.8 Å². The number of aromatic nitrogens is 4. The molecular formula is C21H31N11O2S2. The van der Waals surface area contributed by atoms with Crippen LogP contribution in [0.5, 0.6) is 0 Å². The van der Waals surface area contributed by atoms with Crippen LogP contribution in [0, 0.1) is 0 Å². The standard InChI is InChI=1S/C21H31N11O2S2/c1-36(33,34)15-2-3-16-17(6-15)35-21(26-16)29-18-27-19(31-7-11(22)4-12(23)8-31)30-20(28-18)32-9-13(24)5-14(25)10-32/h2-3,6,11-14H,4-5,7-10,22-25H2,1H3,(H,26,27,28,29,30)/t11-,12+,13-,14+. The number of nitrogens with zero attached hydrogens (tertiary/aromatic N) is 6. The summed E-state index contributed by atoms with van der Waals surface area (Å²) in [6.07, 6.45) is 2.64. The average molecular weight is 534 g/mol. The molecule has 0 spiro atoms. The SMILES string of the molecule is CS(=O)(=O)c1ccc2nc(Nc3nc(N4C[C@H](N)C[C@H](N)C4)nc(N4C[C@H](N)C[C@H](N)C4)n3)sc2c1. The third-order valence-corrected chi connectivity index (χ3v) is 8.26. The Morgan fingerprint density at radius 3 is 1.89 bits per heavy atom. The summed E-state index contributed by atoms with van der Waals surface area (Å²) in [4.78, 5) is 22.8. The molecule has 9 N–H and O–H groups in total. The molecule has 3 aromatic rings. The predicted molar refractivity (Wildman–Crippen MR) is 141 cm³/mol.